The fourth-order valence-corrected chi connectivity index (χ4v) is 1.65. The van der Waals surface area contributed by atoms with E-state index in [0.29, 0.717) is 5.56 Å². The molecule has 0 radical (unpaired) electrons. The molecular weight excluding hydrogens is 251 g/mol. The summed E-state index contributed by atoms with van der Waals surface area (Å²) >= 11 is 0. The molecule has 2 N–H and O–H groups in total. The smallest absolute Gasteiger partial charge is 0.342 e. The van der Waals surface area contributed by atoms with Gasteiger partial charge in [0.2, 0.25) is 0 Å². The maximum Gasteiger partial charge on any atom is 0.342 e. The van der Waals surface area contributed by atoms with E-state index in [0.717, 1.165) is 6.07 Å². The quantitative estimate of drug-likeness (QED) is 0.889. The highest BCUT2D eigenvalue weighted by atomic mass is 19.1. The van der Waals surface area contributed by atoms with Gasteiger partial charge in [-0.05, 0) is 18.2 Å². The second kappa shape index (κ2) is 5.49. The third kappa shape index (κ3) is 2.71. The first-order chi connectivity index (χ1) is 9.13. The first-order valence-electron chi connectivity index (χ1n) is 5.52. The zero-order chi connectivity index (χ0) is 13.8. The monoisotopic (exact) mass is 262 g/mol. The van der Waals surface area contributed by atoms with Crippen LogP contribution in [0.5, 0.6) is 11.5 Å². The summed E-state index contributed by atoms with van der Waals surface area (Å²) in [7, 11) is 0. The van der Waals surface area contributed by atoms with Gasteiger partial charge in [0.15, 0.2) is 0 Å². The molecule has 0 bridgehead atoms. The Morgan fingerprint density at radius 1 is 1.11 bits per heavy atom. The van der Waals surface area contributed by atoms with E-state index in [-0.39, 0.29) is 18.1 Å². The number of hydrogen-bond donors (Lipinski definition) is 2. The SMILES string of the molecule is O=C(O)c1c(F)cccc1Oc1ccccc1CO. The maximum atomic E-state index is 13.5. The van der Waals surface area contributed by atoms with Crippen LogP contribution in [0.1, 0.15) is 15.9 Å². The average Bonchev–Trinajstić information content (AvgIpc) is 2.39. The molecule has 0 spiro atoms. The Labute approximate surface area is 108 Å². The van der Waals surface area contributed by atoms with Gasteiger partial charge in [0.05, 0.1) is 6.61 Å². The number of carboxylic acid groups (broad SMARTS) is 1. The Morgan fingerprint density at radius 2 is 1.79 bits per heavy atom. The maximum absolute atomic E-state index is 13.5. The number of carbonyl (C=O) groups is 1. The predicted octanol–water partition coefficient (Wildman–Crippen LogP) is 2.81. The van der Waals surface area contributed by atoms with Crippen LogP contribution in [0.2, 0.25) is 0 Å². The Kier molecular flexibility index (Phi) is 3.77. The lowest BCUT2D eigenvalue weighted by Gasteiger charge is -2.11. The zero-order valence-corrected chi connectivity index (χ0v) is 9.84. The van der Waals surface area contributed by atoms with Crippen molar-refractivity contribution in [3.8, 4) is 11.5 Å². The predicted molar refractivity (Wildman–Crippen MR) is 65.8 cm³/mol. The molecule has 2 rings (SSSR count). The van der Waals surface area contributed by atoms with Gasteiger partial charge in [0.1, 0.15) is 22.9 Å². The van der Waals surface area contributed by atoms with Crippen molar-refractivity contribution >= 4 is 5.97 Å². The van der Waals surface area contributed by atoms with Gasteiger partial charge in [-0.3, -0.25) is 0 Å². The van der Waals surface area contributed by atoms with Gasteiger partial charge < -0.3 is 14.9 Å². The molecule has 0 heterocycles. The van der Waals surface area contributed by atoms with Crippen LogP contribution in [0.25, 0.3) is 0 Å². The number of ether oxygens (including phenoxy) is 1. The summed E-state index contributed by atoms with van der Waals surface area (Å²) < 4.78 is 18.9. The number of aliphatic hydroxyl groups excluding tert-OH is 1. The van der Waals surface area contributed by atoms with Gasteiger partial charge in [0.25, 0.3) is 0 Å². The lowest BCUT2D eigenvalue weighted by atomic mass is 10.1. The van der Waals surface area contributed by atoms with E-state index in [2.05, 4.69) is 0 Å². The molecule has 0 aromatic heterocycles. The molecule has 2 aromatic rings. The molecule has 0 aliphatic rings. The molecular formula is C14H11FO4. The second-order valence-electron chi connectivity index (χ2n) is 3.79. The van der Waals surface area contributed by atoms with Crippen molar-refractivity contribution in [2.24, 2.45) is 0 Å². The number of benzene rings is 2. The highest BCUT2D eigenvalue weighted by Crippen LogP contribution is 2.29. The van der Waals surface area contributed by atoms with Crippen LogP contribution in [0, 0.1) is 5.82 Å². The molecule has 2 aromatic carbocycles. The van der Waals surface area contributed by atoms with Gasteiger partial charge in [-0.2, -0.15) is 0 Å². The first-order valence-corrected chi connectivity index (χ1v) is 5.52. The lowest BCUT2D eigenvalue weighted by Crippen LogP contribution is -2.04. The highest BCUT2D eigenvalue weighted by Gasteiger charge is 2.18. The van der Waals surface area contributed by atoms with Crippen molar-refractivity contribution in [2.45, 2.75) is 6.61 Å². The molecule has 0 atom stereocenters. The van der Waals surface area contributed by atoms with Gasteiger partial charge in [0, 0.05) is 5.56 Å². The summed E-state index contributed by atoms with van der Waals surface area (Å²) in [5, 5.41) is 18.1. The molecule has 0 aliphatic heterocycles. The minimum absolute atomic E-state index is 0.103. The van der Waals surface area contributed by atoms with Crippen molar-refractivity contribution < 1.29 is 24.1 Å². The Morgan fingerprint density at radius 3 is 2.47 bits per heavy atom. The Hall–Kier alpha value is -2.40. The average molecular weight is 262 g/mol. The lowest BCUT2D eigenvalue weighted by molar-refractivity contribution is 0.0689. The zero-order valence-electron chi connectivity index (χ0n) is 9.84. The summed E-state index contributed by atoms with van der Waals surface area (Å²) in [5.41, 5.74) is -0.0432. The Bertz CT molecular complexity index is 610. The summed E-state index contributed by atoms with van der Waals surface area (Å²) in [5.74, 6) is -2.09. The van der Waals surface area contributed by atoms with Crippen LogP contribution in [-0.2, 0) is 6.61 Å². The van der Waals surface area contributed by atoms with E-state index in [9.17, 15) is 9.18 Å². The standard InChI is InChI=1S/C14H11FO4/c15-10-5-3-7-12(13(10)14(17)18)19-11-6-2-1-4-9(11)8-16/h1-7,16H,8H2,(H,17,18). The largest absolute Gasteiger partial charge is 0.477 e. The number of hydrogen-bond acceptors (Lipinski definition) is 3. The van der Waals surface area contributed by atoms with E-state index in [1.54, 1.807) is 24.3 Å². The van der Waals surface area contributed by atoms with Gasteiger partial charge >= 0.3 is 5.97 Å². The summed E-state index contributed by atoms with van der Waals surface area (Å²) in [6, 6.07) is 10.4. The van der Waals surface area contributed by atoms with E-state index >= 15 is 0 Å². The fourth-order valence-electron chi connectivity index (χ4n) is 1.65. The molecule has 0 saturated heterocycles. The topological polar surface area (TPSA) is 66.8 Å². The van der Waals surface area contributed by atoms with Crippen molar-refractivity contribution in [2.75, 3.05) is 0 Å². The molecule has 0 fully saturated rings. The van der Waals surface area contributed by atoms with Crippen molar-refractivity contribution in [3.63, 3.8) is 0 Å². The number of aromatic carboxylic acids is 1. The van der Waals surface area contributed by atoms with Gasteiger partial charge in [-0.15, -0.1) is 0 Å². The van der Waals surface area contributed by atoms with Gasteiger partial charge in [-0.1, -0.05) is 24.3 Å². The summed E-state index contributed by atoms with van der Waals surface area (Å²) in [6.07, 6.45) is 0. The van der Waals surface area contributed by atoms with Crippen molar-refractivity contribution in [1.29, 1.82) is 0 Å². The molecule has 4 nitrogen and oxygen atoms in total. The first kappa shape index (κ1) is 13.0. The minimum Gasteiger partial charge on any atom is -0.477 e. The number of halogens is 1. The van der Waals surface area contributed by atoms with Crippen LogP contribution in [0.15, 0.2) is 42.5 Å². The van der Waals surface area contributed by atoms with Crippen LogP contribution >= 0.6 is 0 Å². The second-order valence-corrected chi connectivity index (χ2v) is 3.79. The van der Waals surface area contributed by atoms with Crippen LogP contribution < -0.4 is 4.74 Å². The number of para-hydroxylation sites is 1. The van der Waals surface area contributed by atoms with Crippen LogP contribution in [0.4, 0.5) is 4.39 Å². The minimum atomic E-state index is -1.41. The molecule has 0 unspecified atom stereocenters. The molecule has 98 valence electrons. The van der Waals surface area contributed by atoms with E-state index in [1.807, 2.05) is 0 Å². The molecule has 19 heavy (non-hydrogen) atoms. The van der Waals surface area contributed by atoms with E-state index < -0.39 is 17.3 Å². The summed E-state index contributed by atoms with van der Waals surface area (Å²) in [6.45, 7) is -0.256. The highest BCUT2D eigenvalue weighted by molar-refractivity contribution is 5.91. The van der Waals surface area contributed by atoms with Crippen LogP contribution in [0.3, 0.4) is 0 Å². The third-order valence-corrected chi connectivity index (χ3v) is 2.55. The van der Waals surface area contributed by atoms with E-state index in [1.165, 1.54) is 12.1 Å². The normalized spacial score (nSPS) is 10.2. The molecule has 0 amide bonds. The van der Waals surface area contributed by atoms with Crippen LogP contribution in [-0.4, -0.2) is 16.2 Å². The number of carboxylic acids is 1. The third-order valence-electron chi connectivity index (χ3n) is 2.55. The van der Waals surface area contributed by atoms with E-state index in [4.69, 9.17) is 14.9 Å². The molecule has 5 heteroatoms. The van der Waals surface area contributed by atoms with Crippen molar-refractivity contribution in [3.05, 3.63) is 59.4 Å². The molecule has 0 saturated carbocycles. The number of rotatable bonds is 4. The fraction of sp³-hybridized carbons (Fsp3) is 0.0714. The Balaban J connectivity index is 2.44. The number of aliphatic hydroxyl groups is 1. The molecule has 0 aliphatic carbocycles. The summed E-state index contributed by atoms with van der Waals surface area (Å²) in [4.78, 5) is 11.0. The van der Waals surface area contributed by atoms with Gasteiger partial charge in [-0.25, -0.2) is 9.18 Å². The van der Waals surface area contributed by atoms with Crippen molar-refractivity contribution in [1.82, 2.24) is 0 Å².